The molecule has 0 atom stereocenters. The minimum absolute atomic E-state index is 0.0815. The lowest BCUT2D eigenvalue weighted by molar-refractivity contribution is -0.118. The van der Waals surface area contributed by atoms with Crippen LogP contribution in [0, 0.1) is 6.92 Å². The molecule has 2 heterocycles. The van der Waals surface area contributed by atoms with Crippen molar-refractivity contribution in [1.82, 2.24) is 10.6 Å². The number of aryl methyl sites for hydroxylation is 1. The Morgan fingerprint density at radius 3 is 2.54 bits per heavy atom. The molecule has 0 saturated carbocycles. The molecule has 0 radical (unpaired) electrons. The van der Waals surface area contributed by atoms with Gasteiger partial charge in [-0.3, -0.25) is 9.59 Å². The SMILES string of the molecule is Cc1cccc(C(=O)N/C(=C\c2ccco2)C(=O)NCc2ccco2)c1. The van der Waals surface area contributed by atoms with Gasteiger partial charge in [0.2, 0.25) is 0 Å². The molecule has 0 saturated heterocycles. The van der Waals surface area contributed by atoms with Crippen LogP contribution in [0.3, 0.4) is 0 Å². The number of hydrogen-bond donors (Lipinski definition) is 2. The average Bonchev–Trinajstić information content (AvgIpc) is 3.33. The van der Waals surface area contributed by atoms with E-state index in [4.69, 9.17) is 8.83 Å². The van der Waals surface area contributed by atoms with Crippen molar-refractivity contribution in [2.24, 2.45) is 0 Å². The zero-order valence-electron chi connectivity index (χ0n) is 14.2. The summed E-state index contributed by atoms with van der Waals surface area (Å²) >= 11 is 0. The Hall–Kier alpha value is -3.54. The highest BCUT2D eigenvalue weighted by atomic mass is 16.3. The molecule has 6 nitrogen and oxygen atoms in total. The molecule has 2 aromatic heterocycles. The predicted octanol–water partition coefficient (Wildman–Crippen LogP) is 3.27. The summed E-state index contributed by atoms with van der Waals surface area (Å²) in [5.74, 6) is 0.247. The van der Waals surface area contributed by atoms with Crippen molar-refractivity contribution >= 4 is 17.9 Å². The summed E-state index contributed by atoms with van der Waals surface area (Å²) in [5.41, 5.74) is 1.50. The summed E-state index contributed by atoms with van der Waals surface area (Å²) < 4.78 is 10.4. The van der Waals surface area contributed by atoms with Crippen molar-refractivity contribution in [2.75, 3.05) is 0 Å². The Bertz CT molecular complexity index is 909. The molecule has 0 unspecified atom stereocenters. The number of nitrogens with one attached hydrogen (secondary N) is 2. The van der Waals surface area contributed by atoms with Gasteiger partial charge in [0, 0.05) is 11.6 Å². The number of hydrogen-bond acceptors (Lipinski definition) is 4. The van der Waals surface area contributed by atoms with Crippen LogP contribution in [0.15, 0.2) is 75.6 Å². The summed E-state index contributed by atoms with van der Waals surface area (Å²) in [7, 11) is 0. The zero-order chi connectivity index (χ0) is 18.4. The van der Waals surface area contributed by atoms with Crippen LogP contribution < -0.4 is 10.6 Å². The first-order chi connectivity index (χ1) is 12.6. The lowest BCUT2D eigenvalue weighted by Crippen LogP contribution is -2.34. The fourth-order valence-electron chi connectivity index (χ4n) is 2.33. The van der Waals surface area contributed by atoms with Crippen LogP contribution in [0.1, 0.15) is 27.4 Å². The molecule has 3 aromatic rings. The molecule has 26 heavy (non-hydrogen) atoms. The summed E-state index contributed by atoms with van der Waals surface area (Å²) in [6.07, 6.45) is 4.50. The van der Waals surface area contributed by atoms with Crippen LogP contribution in [0.2, 0.25) is 0 Å². The summed E-state index contributed by atoms with van der Waals surface area (Å²) in [6, 6.07) is 14.0. The third-order valence-corrected chi connectivity index (χ3v) is 3.61. The van der Waals surface area contributed by atoms with Crippen LogP contribution in [-0.4, -0.2) is 11.8 Å². The molecule has 2 amide bonds. The maximum atomic E-state index is 12.5. The number of carbonyl (C=O) groups excluding carboxylic acids is 2. The fraction of sp³-hybridized carbons (Fsp3) is 0.100. The van der Waals surface area contributed by atoms with Crippen molar-refractivity contribution < 1.29 is 18.4 Å². The van der Waals surface area contributed by atoms with Crippen molar-refractivity contribution in [3.63, 3.8) is 0 Å². The molecular formula is C20H18N2O4. The van der Waals surface area contributed by atoms with Gasteiger partial charge in [-0.25, -0.2) is 0 Å². The van der Waals surface area contributed by atoms with E-state index in [1.165, 1.54) is 18.6 Å². The highest BCUT2D eigenvalue weighted by Gasteiger charge is 2.15. The molecule has 132 valence electrons. The van der Waals surface area contributed by atoms with Gasteiger partial charge in [-0.05, 0) is 43.3 Å². The van der Waals surface area contributed by atoms with Gasteiger partial charge < -0.3 is 19.5 Å². The van der Waals surface area contributed by atoms with Gasteiger partial charge in [-0.1, -0.05) is 17.7 Å². The molecule has 0 spiro atoms. The van der Waals surface area contributed by atoms with E-state index in [1.54, 1.807) is 42.5 Å². The fourth-order valence-corrected chi connectivity index (χ4v) is 2.33. The largest absolute Gasteiger partial charge is 0.467 e. The van der Waals surface area contributed by atoms with Crippen LogP contribution in [0.5, 0.6) is 0 Å². The van der Waals surface area contributed by atoms with Crippen molar-refractivity contribution in [1.29, 1.82) is 0 Å². The average molecular weight is 350 g/mol. The number of furan rings is 2. The first-order valence-corrected chi connectivity index (χ1v) is 8.05. The third-order valence-electron chi connectivity index (χ3n) is 3.61. The number of amides is 2. The summed E-state index contributed by atoms with van der Waals surface area (Å²) in [6.45, 7) is 2.11. The van der Waals surface area contributed by atoms with E-state index < -0.39 is 5.91 Å². The third kappa shape index (κ3) is 4.51. The highest BCUT2D eigenvalue weighted by molar-refractivity contribution is 6.05. The summed E-state index contributed by atoms with van der Waals surface area (Å²) in [4.78, 5) is 25.0. The Morgan fingerprint density at radius 2 is 1.85 bits per heavy atom. The molecular weight excluding hydrogens is 332 g/mol. The van der Waals surface area contributed by atoms with Gasteiger partial charge in [0.25, 0.3) is 11.8 Å². The van der Waals surface area contributed by atoms with E-state index in [0.29, 0.717) is 17.1 Å². The van der Waals surface area contributed by atoms with Gasteiger partial charge in [0.15, 0.2) is 0 Å². The molecule has 6 heteroatoms. The minimum Gasteiger partial charge on any atom is -0.467 e. The Morgan fingerprint density at radius 1 is 1.04 bits per heavy atom. The molecule has 3 rings (SSSR count). The van der Waals surface area contributed by atoms with Crippen LogP contribution in [-0.2, 0) is 11.3 Å². The highest BCUT2D eigenvalue weighted by Crippen LogP contribution is 2.09. The van der Waals surface area contributed by atoms with E-state index in [2.05, 4.69) is 10.6 Å². The maximum absolute atomic E-state index is 12.5. The van der Waals surface area contributed by atoms with Crippen LogP contribution in [0.4, 0.5) is 0 Å². The lowest BCUT2D eigenvalue weighted by Gasteiger charge is -2.10. The quantitative estimate of drug-likeness (QED) is 0.668. The lowest BCUT2D eigenvalue weighted by atomic mass is 10.1. The van der Waals surface area contributed by atoms with E-state index >= 15 is 0 Å². The second-order valence-corrected chi connectivity index (χ2v) is 5.66. The van der Waals surface area contributed by atoms with Crippen LogP contribution >= 0.6 is 0 Å². The van der Waals surface area contributed by atoms with Crippen molar-refractivity contribution in [3.8, 4) is 0 Å². The van der Waals surface area contributed by atoms with E-state index in [1.807, 2.05) is 13.0 Å². The first kappa shape index (κ1) is 17.3. The number of benzene rings is 1. The Balaban J connectivity index is 1.77. The van der Waals surface area contributed by atoms with Gasteiger partial charge in [0.1, 0.15) is 17.2 Å². The first-order valence-electron chi connectivity index (χ1n) is 8.05. The van der Waals surface area contributed by atoms with E-state index in [0.717, 1.165) is 5.56 Å². The zero-order valence-corrected chi connectivity index (χ0v) is 14.2. The van der Waals surface area contributed by atoms with Gasteiger partial charge in [-0.2, -0.15) is 0 Å². The smallest absolute Gasteiger partial charge is 0.268 e. The molecule has 2 N–H and O–H groups in total. The second kappa shape index (κ2) is 8.02. The predicted molar refractivity (Wildman–Crippen MR) is 95.9 cm³/mol. The molecule has 1 aromatic carbocycles. The van der Waals surface area contributed by atoms with Gasteiger partial charge >= 0.3 is 0 Å². The van der Waals surface area contributed by atoms with Crippen molar-refractivity contribution in [3.05, 3.63) is 89.4 Å². The van der Waals surface area contributed by atoms with Crippen molar-refractivity contribution in [2.45, 2.75) is 13.5 Å². The molecule has 0 fully saturated rings. The van der Waals surface area contributed by atoms with E-state index in [9.17, 15) is 9.59 Å². The minimum atomic E-state index is -0.446. The molecule has 0 aliphatic rings. The van der Waals surface area contributed by atoms with Crippen LogP contribution in [0.25, 0.3) is 6.08 Å². The molecule has 0 aliphatic carbocycles. The summed E-state index contributed by atoms with van der Waals surface area (Å²) in [5, 5.41) is 5.36. The molecule has 0 aliphatic heterocycles. The number of carbonyl (C=O) groups is 2. The number of rotatable bonds is 6. The molecule has 0 bridgehead atoms. The monoisotopic (exact) mass is 350 g/mol. The standard InChI is InChI=1S/C20H18N2O4/c1-14-5-2-6-15(11-14)19(23)22-18(12-16-7-3-9-25-16)20(24)21-13-17-8-4-10-26-17/h2-12H,13H2,1H3,(H,21,24)(H,22,23)/b18-12-. The normalized spacial score (nSPS) is 11.2. The Kier molecular flexibility index (Phi) is 5.34. The second-order valence-electron chi connectivity index (χ2n) is 5.66. The van der Waals surface area contributed by atoms with E-state index in [-0.39, 0.29) is 18.1 Å². The maximum Gasteiger partial charge on any atom is 0.268 e. The van der Waals surface area contributed by atoms with Gasteiger partial charge in [-0.15, -0.1) is 0 Å². The Labute approximate surface area is 150 Å². The van der Waals surface area contributed by atoms with Gasteiger partial charge in [0.05, 0.1) is 19.1 Å². The topological polar surface area (TPSA) is 84.5 Å².